The van der Waals surface area contributed by atoms with E-state index in [1.54, 1.807) is 6.20 Å². The Morgan fingerprint density at radius 3 is 2.92 bits per heavy atom. The van der Waals surface area contributed by atoms with Crippen LogP contribution in [0.1, 0.15) is 34.6 Å². The van der Waals surface area contributed by atoms with Crippen LogP contribution < -0.4 is 10.2 Å². The predicted molar refractivity (Wildman–Crippen MR) is 88.7 cm³/mol. The van der Waals surface area contributed by atoms with Gasteiger partial charge in [0.2, 0.25) is 0 Å². The summed E-state index contributed by atoms with van der Waals surface area (Å²) in [5, 5.41) is 11.7. The number of carbonyl (C=O) groups excluding carboxylic acids is 1. The third-order valence-corrected chi connectivity index (χ3v) is 4.69. The Morgan fingerprint density at radius 1 is 1.21 bits per heavy atom. The maximum absolute atomic E-state index is 12.0. The highest BCUT2D eigenvalue weighted by Crippen LogP contribution is 2.26. The minimum atomic E-state index is -0.171. The number of fused-ring (bicyclic) bond motifs is 1. The van der Waals surface area contributed by atoms with E-state index in [9.17, 15) is 4.79 Å². The summed E-state index contributed by atoms with van der Waals surface area (Å²) < 4.78 is 0. The van der Waals surface area contributed by atoms with Gasteiger partial charge in [0.25, 0.3) is 5.91 Å². The van der Waals surface area contributed by atoms with E-state index in [-0.39, 0.29) is 5.91 Å². The van der Waals surface area contributed by atoms with Crippen LogP contribution in [-0.2, 0) is 12.8 Å². The molecule has 0 atom stereocenters. The van der Waals surface area contributed by atoms with Crippen LogP contribution >= 0.6 is 0 Å². The molecular weight excluding hydrogens is 304 g/mol. The molecule has 2 aromatic rings. The van der Waals surface area contributed by atoms with Gasteiger partial charge in [-0.25, -0.2) is 4.98 Å². The van der Waals surface area contributed by atoms with Gasteiger partial charge in [-0.15, -0.1) is 5.10 Å². The van der Waals surface area contributed by atoms with Crippen LogP contribution in [0.25, 0.3) is 0 Å². The molecule has 1 aliphatic heterocycles. The Hall–Kier alpha value is -2.57. The molecule has 0 spiro atoms. The zero-order chi connectivity index (χ0) is 16.4. The van der Waals surface area contributed by atoms with Crippen LogP contribution in [0.5, 0.6) is 0 Å². The van der Waals surface area contributed by atoms with Crippen molar-refractivity contribution in [3.8, 4) is 0 Å². The molecule has 1 aliphatic carbocycles. The Balaban J connectivity index is 1.28. The number of anilines is 1. The first-order valence-electron chi connectivity index (χ1n) is 8.44. The maximum Gasteiger partial charge on any atom is 0.271 e. The van der Waals surface area contributed by atoms with Crippen LogP contribution in [-0.4, -0.2) is 45.7 Å². The Morgan fingerprint density at radius 2 is 2.08 bits per heavy atom. The van der Waals surface area contributed by atoms with E-state index in [1.165, 1.54) is 36.5 Å². The normalized spacial score (nSPS) is 17.1. The van der Waals surface area contributed by atoms with Crippen LogP contribution in [0.3, 0.4) is 0 Å². The van der Waals surface area contributed by atoms with Crippen molar-refractivity contribution in [3.63, 3.8) is 0 Å². The number of carbonyl (C=O) groups is 1. The number of rotatable bonds is 4. The number of aryl methyl sites for hydroxylation is 2. The molecule has 0 bridgehead atoms. The number of nitrogens with zero attached hydrogens (tertiary/aromatic N) is 5. The molecule has 7 nitrogen and oxygen atoms in total. The summed E-state index contributed by atoms with van der Waals surface area (Å²) in [6, 6.07) is 2.19. The average Bonchev–Trinajstić information content (AvgIpc) is 2.61. The van der Waals surface area contributed by atoms with Gasteiger partial charge >= 0.3 is 0 Å². The molecule has 1 amide bonds. The molecule has 0 saturated carbocycles. The van der Waals surface area contributed by atoms with Crippen LogP contribution in [0, 0.1) is 5.92 Å². The number of nitrogens with one attached hydrogen (secondary N) is 1. The van der Waals surface area contributed by atoms with E-state index in [0.717, 1.165) is 31.7 Å². The second-order valence-corrected chi connectivity index (χ2v) is 6.45. The molecule has 3 heterocycles. The second kappa shape index (κ2) is 6.51. The highest BCUT2D eigenvalue weighted by molar-refractivity contribution is 5.91. The standard InChI is InChI=1S/C17H20N6O/c24-17(15-9-18-5-6-19-15)20-8-12-10-23(11-12)16-7-13-3-1-2-4-14(13)21-22-16/h5-7,9,12H,1-4,8,10-11H2,(H,20,24). The summed E-state index contributed by atoms with van der Waals surface area (Å²) in [5.41, 5.74) is 2.87. The lowest BCUT2D eigenvalue weighted by Gasteiger charge is -2.40. The van der Waals surface area contributed by atoms with Crippen molar-refractivity contribution in [2.24, 2.45) is 5.92 Å². The van der Waals surface area contributed by atoms with Crippen molar-refractivity contribution >= 4 is 11.7 Å². The fraction of sp³-hybridized carbons (Fsp3) is 0.471. The van der Waals surface area contributed by atoms with Crippen molar-refractivity contribution in [3.05, 3.63) is 41.6 Å². The van der Waals surface area contributed by atoms with Gasteiger partial charge in [0, 0.05) is 37.9 Å². The van der Waals surface area contributed by atoms with Crippen molar-refractivity contribution < 1.29 is 4.79 Å². The van der Waals surface area contributed by atoms with E-state index >= 15 is 0 Å². The van der Waals surface area contributed by atoms with Gasteiger partial charge in [0.05, 0.1) is 11.9 Å². The van der Waals surface area contributed by atoms with Gasteiger partial charge in [0.15, 0.2) is 5.82 Å². The molecular formula is C17H20N6O. The summed E-state index contributed by atoms with van der Waals surface area (Å²) in [4.78, 5) is 22.1. The molecule has 2 aromatic heterocycles. The number of hydrogen-bond acceptors (Lipinski definition) is 6. The molecule has 0 unspecified atom stereocenters. The molecule has 0 radical (unpaired) electrons. The predicted octanol–water partition coefficient (Wildman–Crippen LogP) is 1.01. The lowest BCUT2D eigenvalue weighted by molar-refractivity contribution is 0.0939. The van der Waals surface area contributed by atoms with Gasteiger partial charge < -0.3 is 10.2 Å². The minimum Gasteiger partial charge on any atom is -0.354 e. The summed E-state index contributed by atoms with van der Waals surface area (Å²) >= 11 is 0. The fourth-order valence-corrected chi connectivity index (χ4v) is 3.26. The zero-order valence-corrected chi connectivity index (χ0v) is 13.5. The summed E-state index contributed by atoms with van der Waals surface area (Å²) in [6.07, 6.45) is 9.19. The average molecular weight is 324 g/mol. The van der Waals surface area contributed by atoms with Gasteiger partial charge in [-0.2, -0.15) is 5.10 Å². The Kier molecular flexibility index (Phi) is 4.06. The summed E-state index contributed by atoms with van der Waals surface area (Å²) in [6.45, 7) is 2.44. The lowest BCUT2D eigenvalue weighted by Crippen LogP contribution is -2.52. The monoisotopic (exact) mass is 324 g/mol. The van der Waals surface area contributed by atoms with Crippen LogP contribution in [0.4, 0.5) is 5.82 Å². The molecule has 24 heavy (non-hydrogen) atoms. The number of hydrogen-bond donors (Lipinski definition) is 1. The second-order valence-electron chi connectivity index (χ2n) is 6.45. The number of aromatic nitrogens is 4. The van der Waals surface area contributed by atoms with E-state index < -0.39 is 0 Å². The molecule has 2 aliphatic rings. The largest absolute Gasteiger partial charge is 0.354 e. The Labute approximate surface area is 140 Å². The first kappa shape index (κ1) is 15.0. The summed E-state index contributed by atoms with van der Waals surface area (Å²) in [5.74, 6) is 1.23. The minimum absolute atomic E-state index is 0.171. The first-order valence-corrected chi connectivity index (χ1v) is 8.44. The molecule has 7 heteroatoms. The molecule has 4 rings (SSSR count). The van der Waals surface area contributed by atoms with Crippen LogP contribution in [0.15, 0.2) is 24.7 Å². The van der Waals surface area contributed by atoms with E-state index in [4.69, 9.17) is 0 Å². The Bertz CT molecular complexity index is 729. The smallest absolute Gasteiger partial charge is 0.271 e. The number of amides is 1. The summed E-state index contributed by atoms with van der Waals surface area (Å²) in [7, 11) is 0. The molecule has 1 fully saturated rings. The molecule has 1 saturated heterocycles. The van der Waals surface area contributed by atoms with Crippen LogP contribution in [0.2, 0.25) is 0 Å². The SMILES string of the molecule is O=C(NCC1CN(c2cc3c(nn2)CCCC3)C1)c1cnccn1. The van der Waals surface area contributed by atoms with Crippen molar-refractivity contribution in [2.75, 3.05) is 24.5 Å². The maximum atomic E-state index is 12.0. The zero-order valence-electron chi connectivity index (χ0n) is 13.5. The molecule has 124 valence electrons. The highest BCUT2D eigenvalue weighted by Gasteiger charge is 2.29. The van der Waals surface area contributed by atoms with Crippen molar-refractivity contribution in [1.82, 2.24) is 25.5 Å². The first-order chi connectivity index (χ1) is 11.8. The third kappa shape index (κ3) is 3.06. The third-order valence-electron chi connectivity index (χ3n) is 4.69. The van der Waals surface area contributed by atoms with Crippen molar-refractivity contribution in [1.29, 1.82) is 0 Å². The topological polar surface area (TPSA) is 83.9 Å². The van der Waals surface area contributed by atoms with Gasteiger partial charge in [-0.05, 0) is 37.3 Å². The van der Waals surface area contributed by atoms with Crippen molar-refractivity contribution in [2.45, 2.75) is 25.7 Å². The lowest BCUT2D eigenvalue weighted by atomic mass is 9.95. The van der Waals surface area contributed by atoms with E-state index in [1.807, 2.05) is 0 Å². The van der Waals surface area contributed by atoms with E-state index in [0.29, 0.717) is 18.2 Å². The molecule has 1 N–H and O–H groups in total. The molecule has 0 aromatic carbocycles. The highest BCUT2D eigenvalue weighted by atomic mass is 16.1. The van der Waals surface area contributed by atoms with Gasteiger partial charge in [-0.1, -0.05) is 0 Å². The fourth-order valence-electron chi connectivity index (χ4n) is 3.26. The van der Waals surface area contributed by atoms with E-state index in [2.05, 4.69) is 36.4 Å². The van der Waals surface area contributed by atoms with Gasteiger partial charge in [0.1, 0.15) is 5.69 Å². The van der Waals surface area contributed by atoms with Gasteiger partial charge in [-0.3, -0.25) is 9.78 Å². The quantitative estimate of drug-likeness (QED) is 0.904.